The molecule has 0 atom stereocenters. The van der Waals surface area contributed by atoms with E-state index in [1.54, 1.807) is 16.2 Å². The average Bonchev–Trinajstić information content (AvgIpc) is 2.92. The van der Waals surface area contributed by atoms with E-state index >= 15 is 0 Å². The number of amides is 1. The van der Waals surface area contributed by atoms with Crippen LogP contribution >= 0.6 is 11.3 Å². The fourth-order valence-electron chi connectivity index (χ4n) is 2.04. The third-order valence-electron chi connectivity index (χ3n) is 3.16. The molecule has 2 rings (SSSR count). The lowest BCUT2D eigenvalue weighted by Gasteiger charge is -2.26. The fourth-order valence-corrected chi connectivity index (χ4v) is 2.74. The quantitative estimate of drug-likeness (QED) is 0.917. The molecule has 0 spiro atoms. The predicted molar refractivity (Wildman–Crippen MR) is 85.1 cm³/mol. The Kier molecular flexibility index (Phi) is 4.80. The first-order valence-electron chi connectivity index (χ1n) is 6.75. The molecule has 0 fully saturated rings. The number of pyridine rings is 1. The Morgan fingerprint density at radius 3 is 2.76 bits per heavy atom. The number of rotatable bonds is 5. The highest BCUT2D eigenvalue weighted by Gasteiger charge is 2.18. The van der Waals surface area contributed by atoms with Gasteiger partial charge in [0, 0.05) is 28.9 Å². The molecule has 2 heterocycles. The number of thiophene rings is 1. The molecule has 2 N–H and O–H groups in total. The van der Waals surface area contributed by atoms with Gasteiger partial charge in [-0.2, -0.15) is 0 Å². The molecule has 0 aliphatic carbocycles. The summed E-state index contributed by atoms with van der Waals surface area (Å²) < 4.78 is 1.35. The van der Waals surface area contributed by atoms with Crippen molar-refractivity contribution in [2.45, 2.75) is 33.0 Å². The van der Waals surface area contributed by atoms with E-state index in [0.29, 0.717) is 12.2 Å². The van der Waals surface area contributed by atoms with Crippen LogP contribution < -0.4 is 11.3 Å². The maximum Gasteiger partial charge on any atom is 0.251 e. The zero-order valence-electron chi connectivity index (χ0n) is 12.2. The van der Waals surface area contributed by atoms with Crippen molar-refractivity contribution in [1.82, 2.24) is 9.47 Å². The van der Waals surface area contributed by atoms with E-state index in [9.17, 15) is 9.59 Å². The molecule has 0 aliphatic rings. The highest BCUT2D eigenvalue weighted by atomic mass is 32.1. The lowest BCUT2D eigenvalue weighted by atomic mass is 10.3. The molecule has 112 valence electrons. The molecule has 6 heteroatoms. The van der Waals surface area contributed by atoms with Crippen LogP contribution in [0.1, 0.15) is 18.7 Å². The smallest absolute Gasteiger partial charge is 0.251 e. The Morgan fingerprint density at radius 2 is 2.14 bits per heavy atom. The first-order valence-corrected chi connectivity index (χ1v) is 7.63. The van der Waals surface area contributed by atoms with Crippen LogP contribution in [0.4, 0.5) is 5.69 Å². The summed E-state index contributed by atoms with van der Waals surface area (Å²) in [7, 11) is 0. The highest BCUT2D eigenvalue weighted by Crippen LogP contribution is 2.14. The van der Waals surface area contributed by atoms with Crippen molar-refractivity contribution in [3.63, 3.8) is 0 Å². The molecule has 1 amide bonds. The first-order chi connectivity index (χ1) is 9.97. The minimum Gasteiger partial charge on any atom is -0.398 e. The zero-order valence-corrected chi connectivity index (χ0v) is 13.0. The lowest BCUT2D eigenvalue weighted by Crippen LogP contribution is -2.40. The summed E-state index contributed by atoms with van der Waals surface area (Å²) in [5.74, 6) is -0.0916. The van der Waals surface area contributed by atoms with Crippen LogP contribution in [0.5, 0.6) is 0 Å². The molecule has 5 nitrogen and oxygen atoms in total. The molecular formula is C15H19N3O2S. The topological polar surface area (TPSA) is 68.3 Å². The van der Waals surface area contributed by atoms with Gasteiger partial charge in [0.2, 0.25) is 5.91 Å². The minimum atomic E-state index is -0.225. The van der Waals surface area contributed by atoms with Crippen molar-refractivity contribution >= 4 is 22.9 Å². The number of hydrogen-bond donors (Lipinski definition) is 1. The van der Waals surface area contributed by atoms with Gasteiger partial charge in [-0.25, -0.2) is 0 Å². The fraction of sp³-hybridized carbons (Fsp3) is 0.333. The molecule has 0 saturated heterocycles. The van der Waals surface area contributed by atoms with E-state index in [1.165, 1.54) is 22.9 Å². The summed E-state index contributed by atoms with van der Waals surface area (Å²) in [4.78, 5) is 27.1. The summed E-state index contributed by atoms with van der Waals surface area (Å²) in [6.07, 6.45) is 1.50. The van der Waals surface area contributed by atoms with Crippen molar-refractivity contribution in [1.29, 1.82) is 0 Å². The van der Waals surface area contributed by atoms with Gasteiger partial charge in [-0.05, 0) is 31.4 Å². The summed E-state index contributed by atoms with van der Waals surface area (Å²) in [6.45, 7) is 4.50. The second kappa shape index (κ2) is 6.58. The number of nitrogens with zero attached hydrogens (tertiary/aromatic N) is 2. The molecule has 0 aromatic carbocycles. The number of carbonyl (C=O) groups excluding carboxylic acids is 1. The van der Waals surface area contributed by atoms with E-state index < -0.39 is 0 Å². The zero-order chi connectivity index (χ0) is 15.4. The number of nitrogens with two attached hydrogens (primary N) is 1. The maximum absolute atomic E-state index is 12.5. The Bertz CT molecular complexity index is 662. The normalized spacial score (nSPS) is 10.8. The van der Waals surface area contributed by atoms with E-state index in [2.05, 4.69) is 0 Å². The molecular weight excluding hydrogens is 286 g/mol. The molecule has 21 heavy (non-hydrogen) atoms. The van der Waals surface area contributed by atoms with Crippen LogP contribution in [0.3, 0.4) is 0 Å². The van der Waals surface area contributed by atoms with Crippen LogP contribution in [0.15, 0.2) is 40.6 Å². The van der Waals surface area contributed by atoms with E-state index in [-0.39, 0.29) is 24.1 Å². The summed E-state index contributed by atoms with van der Waals surface area (Å²) in [5.41, 5.74) is 5.91. The Balaban J connectivity index is 2.15. The van der Waals surface area contributed by atoms with E-state index in [1.807, 2.05) is 31.4 Å². The molecule has 0 radical (unpaired) electrons. The van der Waals surface area contributed by atoms with Crippen molar-refractivity contribution in [2.75, 3.05) is 5.73 Å². The monoisotopic (exact) mass is 305 g/mol. The number of nitrogen functional groups attached to an aromatic ring is 1. The van der Waals surface area contributed by atoms with Crippen molar-refractivity contribution in [3.8, 4) is 0 Å². The minimum absolute atomic E-state index is 0.00737. The highest BCUT2D eigenvalue weighted by molar-refractivity contribution is 7.09. The molecule has 0 bridgehead atoms. The van der Waals surface area contributed by atoms with Crippen LogP contribution in [0, 0.1) is 0 Å². The summed E-state index contributed by atoms with van der Waals surface area (Å²) in [6, 6.07) is 6.94. The average molecular weight is 305 g/mol. The van der Waals surface area contributed by atoms with Crippen LogP contribution in [-0.4, -0.2) is 21.4 Å². The predicted octanol–water partition coefficient (Wildman–Crippen LogP) is 1.93. The second-order valence-electron chi connectivity index (χ2n) is 5.12. The Hall–Kier alpha value is -2.08. The first kappa shape index (κ1) is 15.3. The Morgan fingerprint density at radius 1 is 1.38 bits per heavy atom. The number of carbonyl (C=O) groups is 1. The molecule has 0 unspecified atom stereocenters. The standard InChI is InChI=1S/C15H19N3O2S/c1-11(2)18(9-13-4-3-7-21-13)15(20)10-17-8-12(16)5-6-14(17)19/h3-8,11H,9-10,16H2,1-2H3. The van der Waals surface area contributed by atoms with Gasteiger partial charge in [0.25, 0.3) is 5.56 Å². The van der Waals surface area contributed by atoms with Gasteiger partial charge >= 0.3 is 0 Å². The van der Waals surface area contributed by atoms with Gasteiger partial charge in [0.15, 0.2) is 0 Å². The van der Waals surface area contributed by atoms with Crippen LogP contribution in [0.2, 0.25) is 0 Å². The largest absolute Gasteiger partial charge is 0.398 e. The Labute approximate surface area is 127 Å². The molecule has 0 saturated carbocycles. The van der Waals surface area contributed by atoms with Gasteiger partial charge in [-0.1, -0.05) is 6.07 Å². The molecule has 0 aliphatic heterocycles. The van der Waals surface area contributed by atoms with Crippen molar-refractivity contribution in [2.24, 2.45) is 0 Å². The molecule has 2 aromatic heterocycles. The number of anilines is 1. The van der Waals surface area contributed by atoms with Crippen LogP contribution in [-0.2, 0) is 17.9 Å². The second-order valence-corrected chi connectivity index (χ2v) is 6.16. The summed E-state index contributed by atoms with van der Waals surface area (Å²) >= 11 is 1.62. The SMILES string of the molecule is CC(C)N(Cc1cccs1)C(=O)Cn1cc(N)ccc1=O. The van der Waals surface area contributed by atoms with Crippen molar-refractivity contribution in [3.05, 3.63) is 51.1 Å². The third kappa shape index (κ3) is 3.95. The number of hydrogen-bond acceptors (Lipinski definition) is 4. The van der Waals surface area contributed by atoms with Gasteiger partial charge in [-0.3, -0.25) is 9.59 Å². The van der Waals surface area contributed by atoms with Gasteiger partial charge < -0.3 is 15.2 Å². The third-order valence-corrected chi connectivity index (χ3v) is 4.02. The summed E-state index contributed by atoms with van der Waals surface area (Å²) in [5, 5.41) is 1.99. The van der Waals surface area contributed by atoms with Gasteiger partial charge in [-0.15, -0.1) is 11.3 Å². The van der Waals surface area contributed by atoms with Gasteiger partial charge in [0.05, 0.1) is 6.54 Å². The van der Waals surface area contributed by atoms with Crippen LogP contribution in [0.25, 0.3) is 0 Å². The number of aromatic nitrogens is 1. The van der Waals surface area contributed by atoms with E-state index in [0.717, 1.165) is 4.88 Å². The lowest BCUT2D eigenvalue weighted by molar-refractivity contribution is -0.134. The van der Waals surface area contributed by atoms with E-state index in [4.69, 9.17) is 5.73 Å². The van der Waals surface area contributed by atoms with Gasteiger partial charge in [0.1, 0.15) is 6.54 Å². The molecule has 2 aromatic rings. The maximum atomic E-state index is 12.5. The van der Waals surface area contributed by atoms with Crippen molar-refractivity contribution < 1.29 is 4.79 Å².